The Morgan fingerprint density at radius 3 is 2.36 bits per heavy atom. The summed E-state index contributed by atoms with van der Waals surface area (Å²) in [5.41, 5.74) is 5.26. The predicted molar refractivity (Wildman–Crippen MR) is 89.2 cm³/mol. The third kappa shape index (κ3) is 4.19. The van der Waals surface area contributed by atoms with E-state index in [4.69, 9.17) is 23.2 Å². The molecule has 1 heterocycles. The van der Waals surface area contributed by atoms with Crippen molar-refractivity contribution < 1.29 is 4.79 Å². The highest BCUT2D eigenvalue weighted by atomic mass is 35.5. The molecule has 0 spiro atoms. The van der Waals surface area contributed by atoms with Crippen LogP contribution in [0.1, 0.15) is 18.1 Å². The molecule has 0 bridgehead atoms. The molecule has 1 aromatic carbocycles. The van der Waals surface area contributed by atoms with E-state index in [0.717, 1.165) is 16.4 Å². The van der Waals surface area contributed by atoms with Gasteiger partial charge in [-0.1, -0.05) is 40.9 Å². The number of carbonyl (C=O) groups excluding carboxylic acids is 1. The van der Waals surface area contributed by atoms with Crippen LogP contribution in [-0.4, -0.2) is 22.2 Å². The third-order valence-corrected chi connectivity index (χ3v) is 3.38. The first kappa shape index (κ1) is 16.3. The number of halogens is 2. The number of benzene rings is 1. The number of anilines is 1. The van der Waals surface area contributed by atoms with Gasteiger partial charge in [0.15, 0.2) is 0 Å². The SMILES string of the molecule is CC(=O)N(N=Cc1c(Cl)cncc1Cl)Nc1ccc(C)cc1. The van der Waals surface area contributed by atoms with E-state index in [1.807, 2.05) is 31.2 Å². The van der Waals surface area contributed by atoms with Crippen LogP contribution in [0.25, 0.3) is 0 Å². The molecule has 0 aliphatic rings. The fourth-order valence-electron chi connectivity index (χ4n) is 1.60. The van der Waals surface area contributed by atoms with Crippen LogP contribution < -0.4 is 5.43 Å². The summed E-state index contributed by atoms with van der Waals surface area (Å²) >= 11 is 12.0. The van der Waals surface area contributed by atoms with Crippen LogP contribution in [0.4, 0.5) is 5.69 Å². The fourth-order valence-corrected chi connectivity index (χ4v) is 2.06. The van der Waals surface area contributed by atoms with Crippen molar-refractivity contribution in [2.45, 2.75) is 13.8 Å². The van der Waals surface area contributed by atoms with E-state index in [1.165, 1.54) is 25.5 Å². The first-order valence-electron chi connectivity index (χ1n) is 6.44. The second kappa shape index (κ2) is 7.24. The number of hydrazone groups is 1. The van der Waals surface area contributed by atoms with E-state index in [0.29, 0.717) is 15.6 Å². The quantitative estimate of drug-likeness (QED) is 0.680. The van der Waals surface area contributed by atoms with Crippen molar-refractivity contribution in [3.8, 4) is 0 Å². The van der Waals surface area contributed by atoms with Crippen LogP contribution in [0, 0.1) is 6.92 Å². The number of aromatic nitrogens is 1. The second-order valence-electron chi connectivity index (χ2n) is 4.57. The van der Waals surface area contributed by atoms with Gasteiger partial charge in [-0.2, -0.15) is 5.10 Å². The topological polar surface area (TPSA) is 57.6 Å². The largest absolute Gasteiger partial charge is 0.275 e. The molecular formula is C15H14Cl2N4O. The average molecular weight is 337 g/mol. The van der Waals surface area contributed by atoms with Crippen LogP contribution in [0.15, 0.2) is 41.8 Å². The van der Waals surface area contributed by atoms with Gasteiger partial charge in [-0.05, 0) is 19.1 Å². The standard InChI is InChI=1S/C15H14Cl2N4O/c1-10-3-5-12(6-4-10)20-21(11(2)22)19-7-13-14(16)8-18-9-15(13)17/h3-9,20H,1-2H3. The van der Waals surface area contributed by atoms with Crippen LogP contribution in [-0.2, 0) is 4.79 Å². The molecule has 7 heteroatoms. The van der Waals surface area contributed by atoms with Gasteiger partial charge in [-0.3, -0.25) is 15.2 Å². The lowest BCUT2D eigenvalue weighted by Gasteiger charge is -2.17. The molecule has 1 amide bonds. The lowest BCUT2D eigenvalue weighted by atomic mass is 10.2. The molecule has 0 saturated heterocycles. The summed E-state index contributed by atoms with van der Waals surface area (Å²) in [6, 6.07) is 7.57. The monoisotopic (exact) mass is 336 g/mol. The summed E-state index contributed by atoms with van der Waals surface area (Å²) in [6.07, 6.45) is 4.33. The Balaban J connectivity index is 2.20. The van der Waals surface area contributed by atoms with Crippen molar-refractivity contribution >= 4 is 41.0 Å². The number of hydrogen-bond acceptors (Lipinski definition) is 4. The van der Waals surface area contributed by atoms with Crippen LogP contribution in [0.3, 0.4) is 0 Å². The van der Waals surface area contributed by atoms with Gasteiger partial charge in [0.1, 0.15) is 0 Å². The van der Waals surface area contributed by atoms with Crippen molar-refractivity contribution in [2.24, 2.45) is 5.10 Å². The summed E-state index contributed by atoms with van der Waals surface area (Å²) in [5.74, 6) is -0.280. The fraction of sp³-hybridized carbons (Fsp3) is 0.133. The molecule has 2 aromatic rings. The van der Waals surface area contributed by atoms with E-state index in [1.54, 1.807) is 0 Å². The molecule has 0 saturated carbocycles. The number of aryl methyl sites for hydroxylation is 1. The van der Waals surface area contributed by atoms with Crippen molar-refractivity contribution in [1.82, 2.24) is 10.1 Å². The number of rotatable bonds is 4. The Kier molecular flexibility index (Phi) is 5.35. The number of pyridine rings is 1. The number of nitrogens with zero attached hydrogens (tertiary/aromatic N) is 3. The molecule has 0 atom stereocenters. The third-order valence-electron chi connectivity index (χ3n) is 2.78. The van der Waals surface area contributed by atoms with Gasteiger partial charge >= 0.3 is 0 Å². The highest BCUT2D eigenvalue weighted by Crippen LogP contribution is 2.21. The zero-order valence-electron chi connectivity index (χ0n) is 12.0. The zero-order valence-corrected chi connectivity index (χ0v) is 13.6. The van der Waals surface area contributed by atoms with Gasteiger partial charge < -0.3 is 0 Å². The van der Waals surface area contributed by atoms with E-state index >= 15 is 0 Å². The van der Waals surface area contributed by atoms with Crippen LogP contribution in [0.2, 0.25) is 10.0 Å². The second-order valence-corrected chi connectivity index (χ2v) is 5.38. The van der Waals surface area contributed by atoms with Crippen molar-refractivity contribution in [1.29, 1.82) is 0 Å². The molecule has 22 heavy (non-hydrogen) atoms. The van der Waals surface area contributed by atoms with Crippen molar-refractivity contribution in [3.63, 3.8) is 0 Å². The van der Waals surface area contributed by atoms with Crippen molar-refractivity contribution in [3.05, 3.63) is 57.8 Å². The molecule has 0 radical (unpaired) electrons. The van der Waals surface area contributed by atoms with Crippen LogP contribution >= 0.6 is 23.2 Å². The molecule has 5 nitrogen and oxygen atoms in total. The number of hydrazine groups is 1. The summed E-state index contributed by atoms with van der Waals surface area (Å²) in [4.78, 5) is 15.5. The number of nitrogens with one attached hydrogen (secondary N) is 1. The highest BCUT2D eigenvalue weighted by Gasteiger charge is 2.08. The minimum Gasteiger partial charge on any atom is -0.275 e. The molecular weight excluding hydrogens is 323 g/mol. The molecule has 1 N–H and O–H groups in total. The van der Waals surface area contributed by atoms with Crippen molar-refractivity contribution in [2.75, 3.05) is 5.43 Å². The summed E-state index contributed by atoms with van der Waals surface area (Å²) in [7, 11) is 0. The molecule has 0 fully saturated rings. The van der Waals surface area contributed by atoms with E-state index in [9.17, 15) is 4.79 Å². The number of amides is 1. The summed E-state index contributed by atoms with van der Waals surface area (Å²) in [5, 5.41) is 5.91. The zero-order chi connectivity index (χ0) is 16.1. The van der Waals surface area contributed by atoms with Gasteiger partial charge in [0, 0.05) is 24.9 Å². The van der Waals surface area contributed by atoms with E-state index < -0.39 is 0 Å². The van der Waals surface area contributed by atoms with Crippen LogP contribution in [0.5, 0.6) is 0 Å². The minimum absolute atomic E-state index is 0.280. The Labute approximate surface area is 138 Å². The number of carbonyl (C=O) groups is 1. The summed E-state index contributed by atoms with van der Waals surface area (Å²) < 4.78 is 0. The maximum absolute atomic E-state index is 11.7. The Morgan fingerprint density at radius 2 is 1.82 bits per heavy atom. The van der Waals surface area contributed by atoms with Gasteiger partial charge in [0.05, 0.1) is 21.9 Å². The van der Waals surface area contributed by atoms with E-state index in [-0.39, 0.29) is 5.91 Å². The maximum atomic E-state index is 11.7. The molecule has 2 rings (SSSR count). The lowest BCUT2D eigenvalue weighted by Crippen LogP contribution is -2.29. The minimum atomic E-state index is -0.280. The first-order valence-corrected chi connectivity index (χ1v) is 7.20. The molecule has 1 aromatic heterocycles. The molecule has 0 aliphatic heterocycles. The average Bonchev–Trinajstić information content (AvgIpc) is 2.47. The molecule has 0 aliphatic carbocycles. The van der Waals surface area contributed by atoms with Gasteiger partial charge in [0.25, 0.3) is 5.91 Å². The van der Waals surface area contributed by atoms with Gasteiger partial charge in [-0.15, -0.1) is 5.12 Å². The van der Waals surface area contributed by atoms with E-state index in [2.05, 4.69) is 15.5 Å². The Hall–Kier alpha value is -2.11. The van der Waals surface area contributed by atoms with Gasteiger partial charge in [0.2, 0.25) is 0 Å². The first-order chi connectivity index (χ1) is 10.5. The summed E-state index contributed by atoms with van der Waals surface area (Å²) in [6.45, 7) is 3.38. The smallest absolute Gasteiger partial charge is 0.259 e. The molecule has 0 unspecified atom stereocenters. The predicted octanol–water partition coefficient (Wildman–Crippen LogP) is 3.91. The maximum Gasteiger partial charge on any atom is 0.259 e. The normalized spacial score (nSPS) is 10.7. The number of hydrogen-bond donors (Lipinski definition) is 1. The van der Waals surface area contributed by atoms with Gasteiger partial charge in [-0.25, -0.2) is 0 Å². The molecule has 114 valence electrons. The Bertz CT molecular complexity index is 681. The highest BCUT2D eigenvalue weighted by molar-refractivity contribution is 6.38. The lowest BCUT2D eigenvalue weighted by molar-refractivity contribution is -0.127. The Morgan fingerprint density at radius 1 is 1.23 bits per heavy atom.